The predicted molar refractivity (Wildman–Crippen MR) is 107 cm³/mol. The van der Waals surface area contributed by atoms with Crippen molar-refractivity contribution in [2.45, 2.75) is 12.8 Å². The first-order valence-corrected chi connectivity index (χ1v) is 9.41. The van der Waals surface area contributed by atoms with Crippen molar-refractivity contribution in [3.05, 3.63) is 68.2 Å². The van der Waals surface area contributed by atoms with Gasteiger partial charge in [0.1, 0.15) is 0 Å². The Labute approximate surface area is 167 Å². The SMILES string of the molecule is O=C(CCc1ccc(Cl)cc1Cl)N1CCN(c2ccc([N+](=O)[O-])cc2)CC1. The van der Waals surface area contributed by atoms with Gasteiger partial charge in [-0.1, -0.05) is 29.3 Å². The molecule has 0 N–H and O–H groups in total. The van der Waals surface area contributed by atoms with E-state index in [-0.39, 0.29) is 11.6 Å². The molecule has 142 valence electrons. The smallest absolute Gasteiger partial charge is 0.269 e. The molecule has 1 aliphatic rings. The molecule has 0 unspecified atom stereocenters. The molecule has 27 heavy (non-hydrogen) atoms. The highest BCUT2D eigenvalue weighted by atomic mass is 35.5. The summed E-state index contributed by atoms with van der Waals surface area (Å²) in [5.41, 5.74) is 1.92. The predicted octanol–water partition coefficient (Wildman–Crippen LogP) is 4.18. The largest absolute Gasteiger partial charge is 0.368 e. The molecule has 2 aromatic rings. The first-order chi connectivity index (χ1) is 12.9. The van der Waals surface area contributed by atoms with Gasteiger partial charge in [0, 0.05) is 60.5 Å². The number of hydrogen-bond acceptors (Lipinski definition) is 4. The molecule has 0 aliphatic carbocycles. The van der Waals surface area contributed by atoms with E-state index in [1.54, 1.807) is 24.3 Å². The number of hydrogen-bond donors (Lipinski definition) is 0. The fourth-order valence-corrected chi connectivity index (χ4v) is 3.63. The molecule has 1 fully saturated rings. The first kappa shape index (κ1) is 19.5. The zero-order valence-electron chi connectivity index (χ0n) is 14.6. The number of carbonyl (C=O) groups excluding carboxylic acids is 1. The molecule has 8 heteroatoms. The van der Waals surface area contributed by atoms with Gasteiger partial charge >= 0.3 is 0 Å². The number of piperazine rings is 1. The van der Waals surface area contributed by atoms with Crippen LogP contribution in [-0.2, 0) is 11.2 Å². The van der Waals surface area contributed by atoms with Crippen molar-refractivity contribution in [3.63, 3.8) is 0 Å². The van der Waals surface area contributed by atoms with Gasteiger partial charge in [-0.05, 0) is 36.2 Å². The van der Waals surface area contributed by atoms with Crippen LogP contribution in [0.5, 0.6) is 0 Å². The van der Waals surface area contributed by atoms with Crippen LogP contribution in [0.1, 0.15) is 12.0 Å². The zero-order valence-corrected chi connectivity index (χ0v) is 16.1. The number of carbonyl (C=O) groups is 1. The summed E-state index contributed by atoms with van der Waals surface area (Å²) in [4.78, 5) is 26.8. The number of benzene rings is 2. The number of amides is 1. The Hall–Kier alpha value is -2.31. The van der Waals surface area contributed by atoms with Crippen LogP contribution in [-0.4, -0.2) is 41.9 Å². The van der Waals surface area contributed by atoms with E-state index in [4.69, 9.17) is 23.2 Å². The molecule has 1 saturated heterocycles. The molecule has 1 amide bonds. The number of aryl methyl sites for hydroxylation is 1. The number of non-ortho nitro benzene ring substituents is 1. The third-order valence-electron chi connectivity index (χ3n) is 4.68. The third kappa shape index (κ3) is 4.90. The van der Waals surface area contributed by atoms with Crippen LogP contribution in [0.2, 0.25) is 10.0 Å². The minimum absolute atomic E-state index is 0.0772. The molecule has 2 aromatic carbocycles. The molecule has 1 heterocycles. The molecule has 0 spiro atoms. The van der Waals surface area contributed by atoms with Gasteiger partial charge in [-0.25, -0.2) is 0 Å². The molecular formula is C19H19Cl2N3O3. The van der Waals surface area contributed by atoms with Crippen LogP contribution in [0.3, 0.4) is 0 Å². The Morgan fingerprint density at radius 1 is 1.04 bits per heavy atom. The minimum atomic E-state index is -0.409. The number of anilines is 1. The number of nitro benzene ring substituents is 1. The topological polar surface area (TPSA) is 66.7 Å². The lowest BCUT2D eigenvalue weighted by molar-refractivity contribution is -0.384. The summed E-state index contributed by atoms with van der Waals surface area (Å²) in [5.74, 6) is 0.101. The van der Waals surface area contributed by atoms with Gasteiger partial charge in [-0.3, -0.25) is 14.9 Å². The van der Waals surface area contributed by atoms with Crippen molar-refractivity contribution in [3.8, 4) is 0 Å². The van der Waals surface area contributed by atoms with E-state index >= 15 is 0 Å². The third-order valence-corrected chi connectivity index (χ3v) is 5.27. The van der Waals surface area contributed by atoms with Crippen molar-refractivity contribution < 1.29 is 9.72 Å². The maximum absolute atomic E-state index is 12.5. The quantitative estimate of drug-likeness (QED) is 0.550. The number of nitro groups is 1. The van der Waals surface area contributed by atoms with E-state index in [0.717, 1.165) is 11.3 Å². The van der Waals surface area contributed by atoms with Crippen LogP contribution in [0.25, 0.3) is 0 Å². The monoisotopic (exact) mass is 407 g/mol. The van der Waals surface area contributed by atoms with Crippen molar-refractivity contribution >= 4 is 40.5 Å². The summed E-state index contributed by atoms with van der Waals surface area (Å²) < 4.78 is 0. The fraction of sp³-hybridized carbons (Fsp3) is 0.316. The van der Waals surface area contributed by atoms with Crippen molar-refractivity contribution in [2.75, 3.05) is 31.1 Å². The van der Waals surface area contributed by atoms with Crippen LogP contribution < -0.4 is 4.90 Å². The summed E-state index contributed by atoms with van der Waals surface area (Å²) >= 11 is 12.1. The highest BCUT2D eigenvalue weighted by molar-refractivity contribution is 6.35. The van der Waals surface area contributed by atoms with Gasteiger partial charge in [-0.2, -0.15) is 0 Å². The van der Waals surface area contributed by atoms with Crippen molar-refractivity contribution in [2.24, 2.45) is 0 Å². The molecule has 3 rings (SSSR count). The van der Waals surface area contributed by atoms with E-state index in [1.807, 2.05) is 11.0 Å². The highest BCUT2D eigenvalue weighted by Crippen LogP contribution is 2.23. The van der Waals surface area contributed by atoms with E-state index in [9.17, 15) is 14.9 Å². The van der Waals surface area contributed by atoms with Crippen LogP contribution in [0, 0.1) is 10.1 Å². The van der Waals surface area contributed by atoms with Gasteiger partial charge in [0.05, 0.1) is 4.92 Å². The summed E-state index contributed by atoms with van der Waals surface area (Å²) in [6, 6.07) is 11.8. The van der Waals surface area contributed by atoms with E-state index < -0.39 is 4.92 Å². The standard InChI is InChI=1S/C19H19Cl2N3O3/c20-15-3-1-14(18(21)13-15)2-8-19(25)23-11-9-22(10-12-23)16-4-6-17(7-5-16)24(26)27/h1,3-7,13H,2,8-12H2. The second-order valence-electron chi connectivity index (χ2n) is 6.38. The lowest BCUT2D eigenvalue weighted by Gasteiger charge is -2.36. The normalized spacial score (nSPS) is 14.3. The molecule has 0 atom stereocenters. The van der Waals surface area contributed by atoms with Gasteiger partial charge in [0.15, 0.2) is 0 Å². The Bertz CT molecular complexity index is 835. The summed E-state index contributed by atoms with van der Waals surface area (Å²) in [7, 11) is 0. The van der Waals surface area contributed by atoms with Crippen LogP contribution in [0.15, 0.2) is 42.5 Å². The average Bonchev–Trinajstić information content (AvgIpc) is 2.67. The second kappa shape index (κ2) is 8.59. The molecule has 0 bridgehead atoms. The number of rotatable bonds is 5. The zero-order chi connectivity index (χ0) is 19.4. The van der Waals surface area contributed by atoms with E-state index in [1.165, 1.54) is 12.1 Å². The van der Waals surface area contributed by atoms with Crippen LogP contribution >= 0.6 is 23.2 Å². The second-order valence-corrected chi connectivity index (χ2v) is 7.22. The molecule has 1 aliphatic heterocycles. The van der Waals surface area contributed by atoms with Gasteiger partial charge in [0.25, 0.3) is 5.69 Å². The Morgan fingerprint density at radius 2 is 1.70 bits per heavy atom. The lowest BCUT2D eigenvalue weighted by atomic mass is 10.1. The van der Waals surface area contributed by atoms with E-state index in [0.29, 0.717) is 49.1 Å². The fourth-order valence-electron chi connectivity index (χ4n) is 3.12. The van der Waals surface area contributed by atoms with Gasteiger partial charge in [0.2, 0.25) is 5.91 Å². The van der Waals surface area contributed by atoms with Crippen LogP contribution in [0.4, 0.5) is 11.4 Å². The van der Waals surface area contributed by atoms with Crippen molar-refractivity contribution in [1.82, 2.24) is 4.90 Å². The molecule has 0 saturated carbocycles. The lowest BCUT2D eigenvalue weighted by Crippen LogP contribution is -2.48. The molecule has 6 nitrogen and oxygen atoms in total. The van der Waals surface area contributed by atoms with Gasteiger partial charge in [-0.15, -0.1) is 0 Å². The molecular weight excluding hydrogens is 389 g/mol. The Balaban J connectivity index is 1.51. The Morgan fingerprint density at radius 3 is 2.30 bits per heavy atom. The summed E-state index contributed by atoms with van der Waals surface area (Å²) in [6.07, 6.45) is 0.982. The summed E-state index contributed by atoms with van der Waals surface area (Å²) in [5, 5.41) is 11.9. The molecule has 0 radical (unpaired) electrons. The van der Waals surface area contributed by atoms with Crippen molar-refractivity contribution in [1.29, 1.82) is 0 Å². The van der Waals surface area contributed by atoms with E-state index in [2.05, 4.69) is 4.90 Å². The summed E-state index contributed by atoms with van der Waals surface area (Å²) in [6.45, 7) is 2.66. The Kier molecular flexibility index (Phi) is 6.19. The maximum atomic E-state index is 12.5. The highest BCUT2D eigenvalue weighted by Gasteiger charge is 2.21. The number of nitrogens with zero attached hydrogens (tertiary/aromatic N) is 3. The maximum Gasteiger partial charge on any atom is 0.269 e. The minimum Gasteiger partial charge on any atom is -0.368 e. The number of halogens is 2. The van der Waals surface area contributed by atoms with Gasteiger partial charge < -0.3 is 9.80 Å². The average molecular weight is 408 g/mol. The molecule has 0 aromatic heterocycles. The first-order valence-electron chi connectivity index (χ1n) is 8.65.